The minimum atomic E-state index is 0. The smallest absolute Gasteiger partial charge is 0.132 e. The SMILES string of the molecule is CCCCCCCCCCCCCCCCCCCCCCC#CC(C=Nc1ccc(CCCCC)c(CCCCC)c1)=Nc1ccc(CCCCC)c(CCCCC)c1.[Pd]. The number of nitrogens with zero attached hydrogens (tertiary/aromatic N) is 2. The molecule has 348 valence electrons. The van der Waals surface area contributed by atoms with Crippen molar-refractivity contribution < 1.29 is 20.4 Å². The van der Waals surface area contributed by atoms with Gasteiger partial charge in [0.1, 0.15) is 5.71 Å². The summed E-state index contributed by atoms with van der Waals surface area (Å²) in [6.07, 6.45) is 50.9. The van der Waals surface area contributed by atoms with E-state index in [0.717, 1.165) is 36.3 Å². The fourth-order valence-electron chi connectivity index (χ4n) is 8.58. The van der Waals surface area contributed by atoms with Gasteiger partial charge in [-0.3, -0.25) is 4.99 Å². The Morgan fingerprint density at radius 3 is 1.13 bits per heavy atom. The number of rotatable bonds is 39. The Morgan fingerprint density at radius 1 is 0.393 bits per heavy atom. The Kier molecular flexibility index (Phi) is 39.2. The van der Waals surface area contributed by atoms with Crippen LogP contribution < -0.4 is 0 Å². The minimum absolute atomic E-state index is 0. The van der Waals surface area contributed by atoms with Crippen LogP contribution in [0.2, 0.25) is 0 Å². The van der Waals surface area contributed by atoms with Gasteiger partial charge in [0.05, 0.1) is 17.6 Å². The Morgan fingerprint density at radius 2 is 0.721 bits per heavy atom. The summed E-state index contributed by atoms with van der Waals surface area (Å²) in [6.45, 7) is 11.5. The van der Waals surface area contributed by atoms with Crippen molar-refractivity contribution in [1.82, 2.24) is 0 Å². The van der Waals surface area contributed by atoms with Crippen LogP contribution in [0.3, 0.4) is 0 Å². The molecule has 0 radical (unpaired) electrons. The fourth-order valence-corrected chi connectivity index (χ4v) is 8.58. The van der Waals surface area contributed by atoms with Crippen molar-refractivity contribution in [2.24, 2.45) is 9.98 Å². The maximum absolute atomic E-state index is 5.17. The van der Waals surface area contributed by atoms with Gasteiger partial charge in [-0.25, -0.2) is 4.99 Å². The molecule has 2 aromatic carbocycles. The number of hydrogen-bond donors (Lipinski definition) is 0. The summed E-state index contributed by atoms with van der Waals surface area (Å²) in [7, 11) is 0. The van der Waals surface area contributed by atoms with E-state index >= 15 is 0 Å². The van der Waals surface area contributed by atoms with Crippen molar-refractivity contribution in [3.05, 3.63) is 58.7 Å². The van der Waals surface area contributed by atoms with Crippen molar-refractivity contribution in [2.45, 2.75) is 272 Å². The summed E-state index contributed by atoms with van der Waals surface area (Å²) in [4.78, 5) is 10.2. The van der Waals surface area contributed by atoms with E-state index in [4.69, 9.17) is 9.98 Å². The van der Waals surface area contributed by atoms with Crippen LogP contribution in [-0.2, 0) is 46.1 Å². The van der Waals surface area contributed by atoms with Gasteiger partial charge in [0.15, 0.2) is 0 Å². The average Bonchev–Trinajstić information content (AvgIpc) is 3.26. The Bertz CT molecular complexity index is 1430. The maximum Gasteiger partial charge on any atom is 0.132 e. The van der Waals surface area contributed by atoms with E-state index in [-0.39, 0.29) is 20.4 Å². The molecule has 0 unspecified atom stereocenters. The third-order valence-electron chi connectivity index (χ3n) is 12.5. The van der Waals surface area contributed by atoms with E-state index in [9.17, 15) is 0 Å². The molecule has 0 aromatic heterocycles. The molecule has 0 spiro atoms. The third-order valence-corrected chi connectivity index (χ3v) is 12.5. The van der Waals surface area contributed by atoms with Crippen LogP contribution in [0, 0.1) is 11.8 Å². The first-order valence-electron chi connectivity index (χ1n) is 26.5. The normalized spacial score (nSPS) is 11.6. The van der Waals surface area contributed by atoms with E-state index in [1.165, 1.54) is 241 Å². The molecular formula is C58H96N2Pd. The second-order valence-corrected chi connectivity index (χ2v) is 18.3. The summed E-state index contributed by atoms with van der Waals surface area (Å²) in [5.74, 6) is 6.99. The number of unbranched alkanes of at least 4 members (excludes halogenated alkanes) is 28. The first-order chi connectivity index (χ1) is 29.6. The van der Waals surface area contributed by atoms with Crippen LogP contribution in [0.1, 0.15) is 269 Å². The second kappa shape index (κ2) is 42.0. The largest absolute Gasteiger partial charge is 0.254 e. The van der Waals surface area contributed by atoms with Gasteiger partial charge in [0.2, 0.25) is 0 Å². The summed E-state index contributed by atoms with van der Waals surface area (Å²) in [6, 6.07) is 13.8. The van der Waals surface area contributed by atoms with Crippen LogP contribution in [0.4, 0.5) is 11.4 Å². The molecule has 61 heavy (non-hydrogen) atoms. The van der Waals surface area contributed by atoms with Gasteiger partial charge < -0.3 is 0 Å². The predicted octanol–water partition coefficient (Wildman–Crippen LogP) is 19.3. The summed E-state index contributed by atoms with van der Waals surface area (Å²) in [5.41, 5.74) is 8.79. The summed E-state index contributed by atoms with van der Waals surface area (Å²) in [5, 5.41) is 0. The van der Waals surface area contributed by atoms with Crippen molar-refractivity contribution >= 4 is 23.3 Å². The van der Waals surface area contributed by atoms with E-state index in [2.05, 4.69) is 82.9 Å². The van der Waals surface area contributed by atoms with E-state index < -0.39 is 0 Å². The molecule has 3 heteroatoms. The molecule has 0 atom stereocenters. The molecule has 2 aromatic rings. The zero-order valence-corrected chi connectivity index (χ0v) is 42.5. The Labute approximate surface area is 394 Å². The van der Waals surface area contributed by atoms with Gasteiger partial charge in [0, 0.05) is 26.8 Å². The molecule has 0 heterocycles. The molecule has 0 saturated carbocycles. The van der Waals surface area contributed by atoms with Crippen molar-refractivity contribution in [2.75, 3.05) is 0 Å². The molecule has 0 aliphatic rings. The molecule has 0 aliphatic carbocycles. The first-order valence-corrected chi connectivity index (χ1v) is 26.5. The van der Waals surface area contributed by atoms with Gasteiger partial charge in [0.25, 0.3) is 0 Å². The quantitative estimate of drug-likeness (QED) is 0.0276. The third kappa shape index (κ3) is 30.7. The molecular weight excluding hydrogens is 831 g/mol. The van der Waals surface area contributed by atoms with Crippen LogP contribution in [0.5, 0.6) is 0 Å². The van der Waals surface area contributed by atoms with E-state index in [1.54, 1.807) is 0 Å². The number of aliphatic imine (C=N–C) groups is 2. The first kappa shape index (κ1) is 57.0. The second-order valence-electron chi connectivity index (χ2n) is 18.3. The van der Waals surface area contributed by atoms with Gasteiger partial charge in [-0.15, -0.1) is 0 Å². The van der Waals surface area contributed by atoms with Crippen LogP contribution in [0.15, 0.2) is 46.4 Å². The molecule has 0 amide bonds. The van der Waals surface area contributed by atoms with Gasteiger partial charge in [-0.05, 0) is 110 Å². The van der Waals surface area contributed by atoms with Crippen LogP contribution >= 0.6 is 0 Å². The predicted molar refractivity (Wildman–Crippen MR) is 271 cm³/mol. The number of aryl methyl sites for hydroxylation is 4. The Hall–Kier alpha value is -2.00. The molecule has 2 nitrogen and oxygen atoms in total. The van der Waals surface area contributed by atoms with Gasteiger partial charge in [-0.2, -0.15) is 0 Å². The van der Waals surface area contributed by atoms with Crippen LogP contribution in [-0.4, -0.2) is 11.9 Å². The zero-order valence-electron chi connectivity index (χ0n) is 40.9. The molecule has 0 bridgehead atoms. The van der Waals surface area contributed by atoms with Crippen molar-refractivity contribution in [3.63, 3.8) is 0 Å². The molecule has 0 saturated heterocycles. The summed E-state index contributed by atoms with van der Waals surface area (Å²) >= 11 is 0. The topological polar surface area (TPSA) is 24.7 Å². The average molecular weight is 928 g/mol. The zero-order chi connectivity index (χ0) is 43.0. The van der Waals surface area contributed by atoms with Gasteiger partial charge in [-0.1, -0.05) is 226 Å². The number of benzene rings is 2. The molecule has 2 rings (SSSR count). The standard InChI is InChI=1S/C58H96N2.Pd/c1-6-11-16-17-18-19-20-21-22-23-24-25-26-27-28-29-30-31-32-33-34-39-44-58(60-57-48-46-53(41-36-13-8-3)55(50-57)43-38-15-10-5)51-59-56-47-45-52(40-35-12-7-2)54(49-56)42-37-14-9-4;/h45-51H,6-38,40-43H2,1-5H3;. The molecule has 0 fully saturated rings. The monoisotopic (exact) mass is 927 g/mol. The fraction of sp³-hybridized carbons (Fsp3) is 0.724. The van der Waals surface area contributed by atoms with E-state index in [1.807, 2.05) is 6.21 Å². The molecule has 0 aliphatic heterocycles. The van der Waals surface area contributed by atoms with Gasteiger partial charge >= 0.3 is 0 Å². The van der Waals surface area contributed by atoms with E-state index in [0.29, 0.717) is 0 Å². The maximum atomic E-state index is 5.17. The van der Waals surface area contributed by atoms with Crippen LogP contribution in [0.25, 0.3) is 0 Å². The van der Waals surface area contributed by atoms with Crippen molar-refractivity contribution in [1.29, 1.82) is 0 Å². The Balaban J connectivity index is 0.0000186. The number of hydrogen-bond acceptors (Lipinski definition) is 2. The van der Waals surface area contributed by atoms with Crippen molar-refractivity contribution in [3.8, 4) is 11.8 Å². The molecule has 0 N–H and O–H groups in total. The summed E-state index contributed by atoms with van der Waals surface area (Å²) < 4.78 is 0. The minimum Gasteiger partial charge on any atom is -0.254 e.